The number of anilines is 2. The molecule has 0 atom stereocenters. The van der Waals surface area contributed by atoms with Crippen molar-refractivity contribution in [2.24, 2.45) is 0 Å². The molecule has 142 valence electrons. The predicted octanol–water partition coefficient (Wildman–Crippen LogP) is 4.24. The van der Waals surface area contributed by atoms with Gasteiger partial charge in [0.25, 0.3) is 0 Å². The molecule has 0 amide bonds. The van der Waals surface area contributed by atoms with E-state index in [1.165, 1.54) is 4.88 Å². The molecule has 0 aliphatic heterocycles. The number of aryl methyl sites for hydroxylation is 1. The van der Waals surface area contributed by atoms with Crippen molar-refractivity contribution < 1.29 is 9.53 Å². The third-order valence-electron chi connectivity index (χ3n) is 4.37. The van der Waals surface area contributed by atoms with Crippen molar-refractivity contribution in [1.29, 1.82) is 0 Å². The van der Waals surface area contributed by atoms with E-state index in [0.717, 1.165) is 41.4 Å². The first-order chi connectivity index (χ1) is 13.1. The lowest BCUT2D eigenvalue weighted by atomic mass is 10.2. The molecule has 2 aromatic heterocycles. The molecule has 1 N–H and O–H groups in total. The van der Waals surface area contributed by atoms with Crippen molar-refractivity contribution in [2.75, 3.05) is 31.6 Å². The first-order valence-corrected chi connectivity index (χ1v) is 9.90. The van der Waals surface area contributed by atoms with Gasteiger partial charge >= 0.3 is 5.97 Å². The van der Waals surface area contributed by atoms with E-state index in [1.54, 1.807) is 29.8 Å². The van der Waals surface area contributed by atoms with Crippen molar-refractivity contribution in [3.8, 4) is 0 Å². The second kappa shape index (κ2) is 8.92. The number of hydrogen-bond donors (Lipinski definition) is 1. The van der Waals surface area contributed by atoms with Gasteiger partial charge in [-0.2, -0.15) is 0 Å². The van der Waals surface area contributed by atoms with Gasteiger partial charge in [0, 0.05) is 17.1 Å². The fourth-order valence-corrected chi connectivity index (χ4v) is 3.64. The summed E-state index contributed by atoms with van der Waals surface area (Å²) in [4.78, 5) is 25.2. The maximum Gasteiger partial charge on any atom is 0.338 e. The smallest absolute Gasteiger partial charge is 0.338 e. The molecule has 0 aliphatic rings. The molecule has 0 bridgehead atoms. The Morgan fingerprint density at radius 1 is 1.19 bits per heavy atom. The lowest BCUT2D eigenvalue weighted by molar-refractivity contribution is 0.0466. The molecule has 27 heavy (non-hydrogen) atoms. The number of nitrogens with one attached hydrogen (secondary N) is 1. The van der Waals surface area contributed by atoms with Crippen LogP contribution in [0.5, 0.6) is 0 Å². The summed E-state index contributed by atoms with van der Waals surface area (Å²) >= 11 is 1.64. The van der Waals surface area contributed by atoms with Gasteiger partial charge in [-0.05, 0) is 50.3 Å². The molecule has 0 saturated carbocycles. The van der Waals surface area contributed by atoms with Gasteiger partial charge in [0.2, 0.25) is 0 Å². The maximum absolute atomic E-state index is 12.2. The van der Waals surface area contributed by atoms with Crippen LogP contribution >= 0.6 is 11.3 Å². The molecule has 1 aromatic carbocycles. The Morgan fingerprint density at radius 3 is 2.63 bits per heavy atom. The molecule has 3 aromatic rings. The minimum Gasteiger partial charge on any atom is -0.461 e. The van der Waals surface area contributed by atoms with Crippen LogP contribution < -0.4 is 5.32 Å². The molecular weight excluding hydrogens is 360 g/mol. The van der Waals surface area contributed by atoms with Crippen LogP contribution in [0.3, 0.4) is 0 Å². The molecule has 0 radical (unpaired) electrons. The standard InChI is InChI=1S/C20H24N4O2S/c1-4-24(5-2)10-11-26-20(25)15-6-8-16(9-7-15)23-18-17-12-14(3)27-19(17)22-13-21-18/h6-9,12-13H,4-5,10-11H2,1-3H3,(H,21,22,23). The van der Waals surface area contributed by atoms with E-state index < -0.39 is 0 Å². The topological polar surface area (TPSA) is 67.3 Å². The van der Waals surface area contributed by atoms with Crippen LogP contribution in [-0.2, 0) is 4.74 Å². The van der Waals surface area contributed by atoms with E-state index in [4.69, 9.17) is 4.74 Å². The van der Waals surface area contributed by atoms with Crippen LogP contribution in [0.15, 0.2) is 36.7 Å². The highest BCUT2D eigenvalue weighted by Crippen LogP contribution is 2.29. The summed E-state index contributed by atoms with van der Waals surface area (Å²) in [5, 5.41) is 4.30. The van der Waals surface area contributed by atoms with Gasteiger partial charge < -0.3 is 15.0 Å². The fraction of sp³-hybridized carbons (Fsp3) is 0.350. The summed E-state index contributed by atoms with van der Waals surface area (Å²) in [5.41, 5.74) is 1.40. The number of rotatable bonds is 8. The minimum atomic E-state index is -0.299. The van der Waals surface area contributed by atoms with E-state index in [9.17, 15) is 4.79 Å². The highest BCUT2D eigenvalue weighted by molar-refractivity contribution is 7.18. The Kier molecular flexibility index (Phi) is 6.36. The molecule has 0 saturated heterocycles. The van der Waals surface area contributed by atoms with Crippen LogP contribution in [0.25, 0.3) is 10.2 Å². The zero-order chi connectivity index (χ0) is 19.2. The van der Waals surface area contributed by atoms with Gasteiger partial charge in [-0.1, -0.05) is 13.8 Å². The molecule has 7 heteroatoms. The predicted molar refractivity (Wildman–Crippen MR) is 110 cm³/mol. The van der Waals surface area contributed by atoms with Crippen molar-refractivity contribution in [2.45, 2.75) is 20.8 Å². The largest absolute Gasteiger partial charge is 0.461 e. The monoisotopic (exact) mass is 384 g/mol. The Morgan fingerprint density at radius 2 is 1.93 bits per heavy atom. The van der Waals surface area contributed by atoms with Crippen molar-refractivity contribution in [3.05, 3.63) is 47.1 Å². The van der Waals surface area contributed by atoms with E-state index in [2.05, 4.69) is 47.0 Å². The van der Waals surface area contributed by atoms with Gasteiger partial charge in [0.1, 0.15) is 23.6 Å². The number of esters is 1. The zero-order valence-corrected chi connectivity index (χ0v) is 16.7. The number of ether oxygens (including phenoxy) is 1. The maximum atomic E-state index is 12.2. The van der Waals surface area contributed by atoms with Crippen LogP contribution in [0.1, 0.15) is 29.1 Å². The average molecular weight is 385 g/mol. The lowest BCUT2D eigenvalue weighted by Crippen LogP contribution is -2.27. The third kappa shape index (κ3) is 4.81. The highest BCUT2D eigenvalue weighted by Gasteiger charge is 2.10. The first kappa shape index (κ1) is 19.3. The van der Waals surface area contributed by atoms with Crippen LogP contribution in [0.4, 0.5) is 11.5 Å². The zero-order valence-electron chi connectivity index (χ0n) is 15.9. The Hall–Kier alpha value is -2.51. The van der Waals surface area contributed by atoms with E-state index in [-0.39, 0.29) is 5.97 Å². The number of hydrogen-bond acceptors (Lipinski definition) is 7. The fourth-order valence-electron chi connectivity index (χ4n) is 2.79. The second-order valence-corrected chi connectivity index (χ2v) is 7.40. The SMILES string of the molecule is CCN(CC)CCOC(=O)c1ccc(Nc2ncnc3sc(C)cc23)cc1. The van der Waals surface area contributed by atoms with Gasteiger partial charge in [-0.3, -0.25) is 0 Å². The molecular formula is C20H24N4O2S. The summed E-state index contributed by atoms with van der Waals surface area (Å²) in [5.74, 6) is 0.463. The normalized spacial score (nSPS) is 11.1. The number of nitrogens with zero attached hydrogens (tertiary/aromatic N) is 3. The molecule has 0 unspecified atom stereocenters. The molecule has 6 nitrogen and oxygen atoms in total. The number of thiophene rings is 1. The van der Waals surface area contributed by atoms with Crippen LogP contribution in [-0.4, -0.2) is 47.1 Å². The van der Waals surface area contributed by atoms with Gasteiger partial charge in [-0.15, -0.1) is 11.3 Å². The number of fused-ring (bicyclic) bond motifs is 1. The molecule has 0 fully saturated rings. The van der Waals surface area contributed by atoms with E-state index >= 15 is 0 Å². The lowest BCUT2D eigenvalue weighted by Gasteiger charge is -2.17. The minimum absolute atomic E-state index is 0.299. The summed E-state index contributed by atoms with van der Waals surface area (Å²) in [6.45, 7) is 9.30. The summed E-state index contributed by atoms with van der Waals surface area (Å²) < 4.78 is 5.36. The van der Waals surface area contributed by atoms with Gasteiger partial charge in [-0.25, -0.2) is 14.8 Å². The molecule has 2 heterocycles. The van der Waals surface area contributed by atoms with Crippen molar-refractivity contribution in [1.82, 2.24) is 14.9 Å². The average Bonchev–Trinajstić information content (AvgIpc) is 3.07. The van der Waals surface area contributed by atoms with E-state index in [0.29, 0.717) is 12.2 Å². The Labute approximate surface area is 163 Å². The summed E-state index contributed by atoms with van der Waals surface area (Å²) in [6, 6.07) is 9.31. The number of aromatic nitrogens is 2. The summed E-state index contributed by atoms with van der Waals surface area (Å²) in [6.07, 6.45) is 1.56. The number of benzene rings is 1. The van der Waals surface area contributed by atoms with Crippen molar-refractivity contribution in [3.63, 3.8) is 0 Å². The number of likely N-dealkylation sites (N-methyl/N-ethyl adjacent to an activating group) is 1. The van der Waals surface area contributed by atoms with Crippen LogP contribution in [0, 0.1) is 6.92 Å². The number of carbonyl (C=O) groups is 1. The first-order valence-electron chi connectivity index (χ1n) is 9.08. The van der Waals surface area contributed by atoms with Gasteiger partial charge in [0.15, 0.2) is 0 Å². The Bertz CT molecular complexity index is 904. The number of carbonyl (C=O) groups excluding carboxylic acids is 1. The molecule has 3 rings (SSSR count). The van der Waals surface area contributed by atoms with Crippen LogP contribution in [0.2, 0.25) is 0 Å². The molecule has 0 aliphatic carbocycles. The quantitative estimate of drug-likeness (QED) is 0.586. The highest BCUT2D eigenvalue weighted by atomic mass is 32.1. The molecule has 0 spiro atoms. The summed E-state index contributed by atoms with van der Waals surface area (Å²) in [7, 11) is 0. The Balaban J connectivity index is 1.62. The van der Waals surface area contributed by atoms with Gasteiger partial charge in [0.05, 0.1) is 10.9 Å². The van der Waals surface area contributed by atoms with E-state index in [1.807, 2.05) is 12.1 Å². The second-order valence-electron chi connectivity index (χ2n) is 6.16. The third-order valence-corrected chi connectivity index (χ3v) is 5.33. The van der Waals surface area contributed by atoms with Crippen molar-refractivity contribution >= 4 is 39.0 Å².